The zero-order valence-corrected chi connectivity index (χ0v) is 6.34. The molecule has 0 saturated carbocycles. The van der Waals surface area contributed by atoms with Gasteiger partial charge in [-0.1, -0.05) is 0 Å². The van der Waals surface area contributed by atoms with Crippen LogP contribution in [0, 0.1) is 0 Å². The van der Waals surface area contributed by atoms with Crippen molar-refractivity contribution in [1.29, 1.82) is 0 Å². The van der Waals surface area contributed by atoms with Gasteiger partial charge in [0.1, 0.15) is 0 Å². The van der Waals surface area contributed by atoms with E-state index in [1.54, 1.807) is 0 Å². The van der Waals surface area contributed by atoms with Gasteiger partial charge in [0, 0.05) is 8.44 Å². The van der Waals surface area contributed by atoms with Crippen LogP contribution in [-0.4, -0.2) is 13.0 Å². The zero-order chi connectivity index (χ0) is 4.50. The van der Waals surface area contributed by atoms with Crippen LogP contribution in [0.3, 0.4) is 0 Å². The lowest BCUT2D eigenvalue weighted by Crippen LogP contribution is -1.76. The minimum atomic E-state index is -3.75. The first-order chi connectivity index (χ1) is 2.00. The fraction of sp³-hybridized carbons (Fsp3) is 0. The molecule has 0 radical (unpaired) electrons. The van der Waals surface area contributed by atoms with Gasteiger partial charge in [0.2, 0.25) is 0 Å². The van der Waals surface area contributed by atoms with Crippen molar-refractivity contribution in [3.63, 3.8) is 0 Å². The van der Waals surface area contributed by atoms with Crippen LogP contribution < -0.4 is 0 Å². The van der Waals surface area contributed by atoms with E-state index < -0.39 is 9.74 Å². The molecule has 1 N–H and O–H groups in total. The Morgan fingerprint density at radius 1 is 1.50 bits per heavy atom. The van der Waals surface area contributed by atoms with Gasteiger partial charge >= 0.3 is 0 Å². The Kier molecular flexibility index (Phi) is 4.73. The van der Waals surface area contributed by atoms with E-state index in [4.69, 9.17) is 13.0 Å². The van der Waals surface area contributed by atoms with Crippen LogP contribution in [0.4, 0.5) is 0 Å². The van der Waals surface area contributed by atoms with Crippen molar-refractivity contribution in [3.05, 3.63) is 0 Å². The minimum Gasteiger partial charge on any atom is -0.283 e. The maximum atomic E-state index is 9.15. The fourth-order valence-corrected chi connectivity index (χ4v) is 0. The van der Waals surface area contributed by atoms with Gasteiger partial charge in [-0.3, -0.25) is 4.55 Å². The number of hydrogen-bond acceptors (Lipinski definition) is 2. The first-order valence-corrected chi connectivity index (χ1v) is 3.67. The molecule has 0 rings (SSSR count). The molecule has 0 aromatic rings. The Morgan fingerprint density at radius 2 is 1.50 bits per heavy atom. The van der Waals surface area contributed by atoms with E-state index in [2.05, 4.69) is 0 Å². The number of rotatable bonds is 0. The molecule has 0 aliphatic heterocycles. The Labute approximate surface area is 41.8 Å². The predicted octanol–water partition coefficient (Wildman–Crippen LogP) is -0.278. The van der Waals surface area contributed by atoms with Gasteiger partial charge in [-0.15, -0.1) is 0 Å². The van der Waals surface area contributed by atoms with Gasteiger partial charge in [-0.25, -0.2) is 0 Å². The van der Waals surface area contributed by atoms with Crippen molar-refractivity contribution in [2.75, 3.05) is 0 Å². The smallest absolute Gasteiger partial charge is 0.275 e. The third-order valence-electron chi connectivity index (χ3n) is 0. The van der Waals surface area contributed by atoms with Crippen molar-refractivity contribution >= 4 is 28.1 Å². The molecule has 0 aromatic carbocycles. The number of hydrogen-bond donors (Lipinski definition) is 1. The summed E-state index contributed by atoms with van der Waals surface area (Å²) in [4.78, 5) is 0. The fourth-order valence-electron chi connectivity index (χ4n) is 0. The van der Waals surface area contributed by atoms with E-state index in [0.29, 0.717) is 0 Å². The highest BCUT2D eigenvalue weighted by molar-refractivity contribution is 8.34. The Hall–Kier alpha value is 0.770. The van der Waals surface area contributed by atoms with Crippen LogP contribution in [0.15, 0.2) is 0 Å². The zero-order valence-electron chi connectivity index (χ0n) is 2.96. The maximum Gasteiger partial charge on any atom is 0.275 e. The van der Waals surface area contributed by atoms with Crippen molar-refractivity contribution < 1.29 is 13.0 Å². The first-order valence-electron chi connectivity index (χ1n) is 0.752. The Balaban J connectivity index is 0. The third-order valence-corrected chi connectivity index (χ3v) is 0. The highest BCUT2D eigenvalue weighted by Crippen LogP contribution is 1.89. The summed E-state index contributed by atoms with van der Waals surface area (Å²) < 4.78 is 25.8. The van der Waals surface area contributed by atoms with Gasteiger partial charge in [0.25, 0.3) is 9.74 Å². The molecule has 0 spiro atoms. The van der Waals surface area contributed by atoms with E-state index in [1.165, 1.54) is 8.44 Å². The van der Waals surface area contributed by atoms with Crippen molar-refractivity contribution in [2.45, 2.75) is 0 Å². The molecule has 3 nitrogen and oxygen atoms in total. The summed E-state index contributed by atoms with van der Waals surface area (Å²) in [7, 11) is -2.51. The lowest BCUT2D eigenvalue weighted by Gasteiger charge is -1.69. The van der Waals surface area contributed by atoms with Crippen LogP contribution in [0.1, 0.15) is 0 Å². The molecule has 0 amide bonds. The van der Waals surface area contributed by atoms with E-state index in [0.717, 1.165) is 0 Å². The normalized spacial score (nSPS) is 9.67. The molecule has 0 aliphatic rings. The van der Waals surface area contributed by atoms with Gasteiger partial charge in [-0.2, -0.15) is 18.3 Å². The van der Waals surface area contributed by atoms with Crippen molar-refractivity contribution in [1.82, 2.24) is 0 Å². The van der Waals surface area contributed by atoms with Crippen LogP contribution in [0.2, 0.25) is 0 Å². The summed E-state index contributed by atoms with van der Waals surface area (Å²) in [5.74, 6) is 0. The average molecular weight is 148 g/mol. The molecule has 6 heteroatoms. The van der Waals surface area contributed by atoms with Crippen molar-refractivity contribution in [3.8, 4) is 0 Å². The lowest BCUT2D eigenvalue weighted by atomic mass is 15.9. The van der Waals surface area contributed by atoms with Gasteiger partial charge in [0.05, 0.1) is 0 Å². The molecule has 0 aliphatic carbocycles. The molecular weight excluding hydrogens is 142 g/mol. The van der Waals surface area contributed by atoms with Crippen molar-refractivity contribution in [2.24, 2.45) is 0 Å². The molecule has 0 heterocycles. The molecule has 0 saturated heterocycles. The Bertz CT molecular complexity index is 92.0. The average Bonchev–Trinajstić information content (AvgIpc) is 0.722. The van der Waals surface area contributed by atoms with Crippen LogP contribution >= 0.6 is 18.3 Å². The van der Waals surface area contributed by atoms with E-state index in [9.17, 15) is 0 Å². The van der Waals surface area contributed by atoms with Gasteiger partial charge in [0.15, 0.2) is 0 Å². The van der Waals surface area contributed by atoms with E-state index in [1.807, 2.05) is 0 Å². The van der Waals surface area contributed by atoms with Gasteiger partial charge in [-0.05, 0) is 0 Å². The molecule has 2 unspecified atom stereocenters. The molecule has 2 atom stereocenters. The summed E-state index contributed by atoms with van der Waals surface area (Å²) in [5.41, 5.74) is 0. The monoisotopic (exact) mass is 148 g/mol. The quantitative estimate of drug-likeness (QED) is 0.379. The van der Waals surface area contributed by atoms with Crippen LogP contribution in [-0.2, 0) is 9.74 Å². The first kappa shape index (κ1) is 9.91. The maximum absolute atomic E-state index is 9.15. The summed E-state index contributed by atoms with van der Waals surface area (Å²) in [6, 6.07) is 0. The van der Waals surface area contributed by atoms with E-state index >= 15 is 0 Å². The third kappa shape index (κ3) is 114. The molecule has 40 valence electrons. The molecule has 0 bridgehead atoms. The van der Waals surface area contributed by atoms with Crippen LogP contribution in [0.5, 0.6) is 0 Å². The highest BCUT2D eigenvalue weighted by atomic mass is 32.7. The lowest BCUT2D eigenvalue weighted by molar-refractivity contribution is 0.503. The van der Waals surface area contributed by atoms with Crippen LogP contribution in [0.25, 0.3) is 0 Å². The summed E-state index contributed by atoms with van der Waals surface area (Å²) in [5, 5.41) is 0. The summed E-state index contributed by atoms with van der Waals surface area (Å²) >= 11 is 0. The molecule has 0 aromatic heterocycles. The second-order valence-electron chi connectivity index (χ2n) is 0.515. The summed E-state index contributed by atoms with van der Waals surface area (Å²) in [6.07, 6.45) is 0. The standard InChI is InChI=1S/H3O3PS.H3P/c1-5(2,3)4;/h4H2,(H,1,2,3);1H3. The second kappa shape index (κ2) is 2.86. The second-order valence-corrected chi connectivity index (χ2v) is 3.33. The molecule has 0 fully saturated rings. The van der Waals surface area contributed by atoms with E-state index in [-0.39, 0.29) is 9.90 Å². The van der Waals surface area contributed by atoms with Gasteiger partial charge < -0.3 is 0 Å². The largest absolute Gasteiger partial charge is 0.283 e. The predicted molar refractivity (Wildman–Crippen MR) is 32.4 cm³/mol. The molecule has 6 heavy (non-hydrogen) atoms. The molecular formula is H6O3P2S. The topological polar surface area (TPSA) is 54.4 Å². The highest BCUT2D eigenvalue weighted by Gasteiger charge is 1.81. The Morgan fingerprint density at radius 3 is 1.50 bits per heavy atom. The minimum absolute atomic E-state index is 0. The SMILES string of the molecule is O=S(=O)(O)P.P. The summed E-state index contributed by atoms with van der Waals surface area (Å²) in [6.45, 7) is 0.